The molecule has 0 unspecified atom stereocenters. The Kier molecular flexibility index (Phi) is 5.43. The molecule has 2 aliphatic heterocycles. The summed E-state index contributed by atoms with van der Waals surface area (Å²) in [6.45, 7) is 8.05. The second kappa shape index (κ2) is 8.14. The highest BCUT2D eigenvalue weighted by Gasteiger charge is 2.32. The number of anilines is 1. The predicted octanol–water partition coefficient (Wildman–Crippen LogP) is 1.43. The van der Waals surface area contributed by atoms with Gasteiger partial charge in [-0.1, -0.05) is 37.3 Å². The molecule has 1 N–H and O–H groups in total. The Morgan fingerprint density at radius 3 is 2.57 bits per heavy atom. The second-order valence-electron chi connectivity index (χ2n) is 7.58. The van der Waals surface area contributed by atoms with Gasteiger partial charge in [-0.3, -0.25) is 14.6 Å². The summed E-state index contributed by atoms with van der Waals surface area (Å²) in [7, 11) is 0. The van der Waals surface area contributed by atoms with Crippen LogP contribution in [0.15, 0.2) is 41.2 Å². The Morgan fingerprint density at radius 1 is 1.11 bits per heavy atom. The third-order valence-corrected chi connectivity index (χ3v) is 5.72. The van der Waals surface area contributed by atoms with Crippen LogP contribution in [-0.2, 0) is 11.3 Å². The van der Waals surface area contributed by atoms with Crippen LogP contribution in [0.1, 0.15) is 30.5 Å². The highest BCUT2D eigenvalue weighted by Crippen LogP contribution is 2.28. The van der Waals surface area contributed by atoms with Crippen LogP contribution in [0.4, 0.5) is 5.95 Å². The Balaban J connectivity index is 1.48. The number of hydrogen-bond donors (Lipinski definition) is 1. The van der Waals surface area contributed by atoms with Crippen LogP contribution < -0.4 is 10.5 Å². The average molecular weight is 381 g/mol. The minimum Gasteiger partial charge on any atom is -0.340 e. The lowest BCUT2D eigenvalue weighted by Gasteiger charge is -2.34. The summed E-state index contributed by atoms with van der Waals surface area (Å²) in [5.74, 6) is 0.718. The number of aromatic amines is 1. The van der Waals surface area contributed by atoms with Gasteiger partial charge < -0.3 is 14.7 Å². The molecule has 1 aromatic carbocycles. The number of nitrogens with one attached hydrogen (secondary N) is 1. The van der Waals surface area contributed by atoms with Crippen LogP contribution in [-0.4, -0.2) is 64.9 Å². The maximum absolute atomic E-state index is 12.5. The Labute approximate surface area is 165 Å². The van der Waals surface area contributed by atoms with Gasteiger partial charge in [-0.05, 0) is 12.1 Å². The first kappa shape index (κ1) is 18.7. The van der Waals surface area contributed by atoms with E-state index in [-0.39, 0.29) is 17.4 Å². The molecule has 0 saturated carbocycles. The molecule has 1 aromatic heterocycles. The van der Waals surface area contributed by atoms with Gasteiger partial charge in [0.1, 0.15) is 0 Å². The first-order valence-electron chi connectivity index (χ1n) is 10.0. The van der Waals surface area contributed by atoms with E-state index in [1.165, 1.54) is 0 Å². The summed E-state index contributed by atoms with van der Waals surface area (Å²) in [4.78, 5) is 38.8. The molecule has 2 aromatic rings. The van der Waals surface area contributed by atoms with Crippen molar-refractivity contribution in [3.8, 4) is 0 Å². The van der Waals surface area contributed by atoms with E-state index in [1.54, 1.807) is 6.07 Å². The summed E-state index contributed by atoms with van der Waals surface area (Å²) >= 11 is 0. The van der Waals surface area contributed by atoms with Crippen LogP contribution in [0.25, 0.3) is 0 Å². The Bertz CT molecular complexity index is 874. The first-order chi connectivity index (χ1) is 13.6. The van der Waals surface area contributed by atoms with Gasteiger partial charge in [0, 0.05) is 57.7 Å². The molecule has 4 rings (SSSR count). The molecule has 148 valence electrons. The molecule has 7 nitrogen and oxygen atoms in total. The van der Waals surface area contributed by atoms with Crippen LogP contribution in [0, 0.1) is 0 Å². The Morgan fingerprint density at radius 2 is 1.86 bits per heavy atom. The number of rotatable bonds is 5. The minimum atomic E-state index is -0.146. The van der Waals surface area contributed by atoms with Gasteiger partial charge in [0.15, 0.2) is 0 Å². The van der Waals surface area contributed by atoms with E-state index in [0.29, 0.717) is 25.5 Å². The first-order valence-corrected chi connectivity index (χ1v) is 10.0. The molecular formula is C21H27N5O2. The number of amides is 1. The zero-order chi connectivity index (χ0) is 19.5. The van der Waals surface area contributed by atoms with E-state index in [2.05, 4.69) is 21.7 Å². The number of carbonyl (C=O) groups excluding carboxylic acids is 1. The third kappa shape index (κ3) is 4.09. The quantitative estimate of drug-likeness (QED) is 0.848. The van der Waals surface area contributed by atoms with Crippen molar-refractivity contribution < 1.29 is 4.79 Å². The van der Waals surface area contributed by atoms with E-state index in [1.807, 2.05) is 35.2 Å². The molecule has 28 heavy (non-hydrogen) atoms. The Hall–Kier alpha value is -2.67. The normalized spacial score (nSPS) is 20.8. The molecule has 0 radical (unpaired) electrons. The third-order valence-electron chi connectivity index (χ3n) is 5.72. The molecule has 0 aliphatic carbocycles. The van der Waals surface area contributed by atoms with Gasteiger partial charge in [0.05, 0.1) is 5.69 Å². The van der Waals surface area contributed by atoms with Crippen LogP contribution in [0.2, 0.25) is 0 Å². The SMILES string of the molecule is CCN1CCN(c2nc([C@@H]3CC(=O)N(Cc4ccccc4)C3)cc(=O)[nH]2)CC1. The largest absolute Gasteiger partial charge is 0.340 e. The summed E-state index contributed by atoms with van der Waals surface area (Å²) in [6.07, 6.45) is 0.409. The van der Waals surface area contributed by atoms with E-state index in [4.69, 9.17) is 4.98 Å². The topological polar surface area (TPSA) is 72.5 Å². The molecule has 1 atom stereocenters. The molecule has 1 amide bonds. The maximum Gasteiger partial charge on any atom is 0.252 e. The zero-order valence-corrected chi connectivity index (χ0v) is 16.3. The average Bonchev–Trinajstić information content (AvgIpc) is 3.09. The van der Waals surface area contributed by atoms with Crippen LogP contribution in [0.3, 0.4) is 0 Å². The van der Waals surface area contributed by atoms with Crippen LogP contribution >= 0.6 is 0 Å². The number of hydrogen-bond acceptors (Lipinski definition) is 5. The lowest BCUT2D eigenvalue weighted by Crippen LogP contribution is -2.47. The number of carbonyl (C=O) groups is 1. The number of aromatic nitrogens is 2. The van der Waals surface area contributed by atoms with Crippen molar-refractivity contribution >= 4 is 11.9 Å². The monoisotopic (exact) mass is 381 g/mol. The van der Waals surface area contributed by atoms with Crippen molar-refractivity contribution in [1.82, 2.24) is 19.8 Å². The fourth-order valence-electron chi connectivity index (χ4n) is 4.02. The van der Waals surface area contributed by atoms with Crippen molar-refractivity contribution in [2.24, 2.45) is 0 Å². The van der Waals surface area contributed by atoms with E-state index >= 15 is 0 Å². The number of likely N-dealkylation sites (N-methyl/N-ethyl adjacent to an activating group) is 1. The van der Waals surface area contributed by atoms with Crippen LogP contribution in [0.5, 0.6) is 0 Å². The van der Waals surface area contributed by atoms with Crippen molar-refractivity contribution in [3.05, 3.63) is 58.0 Å². The predicted molar refractivity (Wildman–Crippen MR) is 108 cm³/mol. The van der Waals surface area contributed by atoms with Crippen molar-refractivity contribution in [1.29, 1.82) is 0 Å². The minimum absolute atomic E-state index is 0.0332. The van der Waals surface area contributed by atoms with E-state index in [0.717, 1.165) is 44.0 Å². The zero-order valence-electron chi connectivity index (χ0n) is 16.3. The number of H-pyrrole nitrogens is 1. The molecule has 2 fully saturated rings. The van der Waals surface area contributed by atoms with Crippen molar-refractivity contribution in [3.63, 3.8) is 0 Å². The summed E-state index contributed by atoms with van der Waals surface area (Å²) < 4.78 is 0. The van der Waals surface area contributed by atoms with Gasteiger partial charge in [-0.15, -0.1) is 0 Å². The molecule has 7 heteroatoms. The van der Waals surface area contributed by atoms with Crippen molar-refractivity contribution in [2.45, 2.75) is 25.8 Å². The molecule has 2 aliphatic rings. The van der Waals surface area contributed by atoms with Gasteiger partial charge in [-0.2, -0.15) is 0 Å². The number of benzene rings is 1. The standard InChI is InChI=1S/C21H27N5O2/c1-2-24-8-10-25(11-9-24)21-22-18(13-19(27)23-21)17-12-20(28)26(15-17)14-16-6-4-3-5-7-16/h3-7,13,17H,2,8-12,14-15H2,1H3,(H,22,23,27)/t17-/m1/s1. The molecule has 0 bridgehead atoms. The molecular weight excluding hydrogens is 354 g/mol. The van der Waals surface area contributed by atoms with Gasteiger partial charge in [0.2, 0.25) is 11.9 Å². The molecule has 3 heterocycles. The summed E-state index contributed by atoms with van der Waals surface area (Å²) in [5, 5.41) is 0. The number of likely N-dealkylation sites (tertiary alicyclic amines) is 1. The number of piperazine rings is 1. The lowest BCUT2D eigenvalue weighted by molar-refractivity contribution is -0.128. The maximum atomic E-state index is 12.5. The molecule has 2 saturated heterocycles. The summed E-state index contributed by atoms with van der Waals surface area (Å²) in [6, 6.07) is 11.5. The van der Waals surface area contributed by atoms with Gasteiger partial charge in [0.25, 0.3) is 5.56 Å². The fraction of sp³-hybridized carbons (Fsp3) is 0.476. The van der Waals surface area contributed by atoms with E-state index < -0.39 is 0 Å². The van der Waals surface area contributed by atoms with Gasteiger partial charge in [-0.25, -0.2) is 4.98 Å². The van der Waals surface area contributed by atoms with Gasteiger partial charge >= 0.3 is 0 Å². The fourth-order valence-corrected chi connectivity index (χ4v) is 4.02. The number of nitrogens with zero attached hydrogens (tertiary/aromatic N) is 4. The highest BCUT2D eigenvalue weighted by molar-refractivity contribution is 5.79. The second-order valence-corrected chi connectivity index (χ2v) is 7.58. The van der Waals surface area contributed by atoms with Crippen molar-refractivity contribution in [2.75, 3.05) is 44.2 Å². The highest BCUT2D eigenvalue weighted by atomic mass is 16.2. The lowest BCUT2D eigenvalue weighted by atomic mass is 10.0. The smallest absolute Gasteiger partial charge is 0.252 e. The van der Waals surface area contributed by atoms with E-state index in [9.17, 15) is 9.59 Å². The summed E-state index contributed by atoms with van der Waals surface area (Å²) in [5.41, 5.74) is 1.69. The molecule has 0 spiro atoms.